The molecule has 1 rings (SSSR count). The highest BCUT2D eigenvalue weighted by Gasteiger charge is 2.29. The first-order valence-corrected chi connectivity index (χ1v) is 5.20. The standard InChI is InChI=1S/C4H7ClO3P/c5-9(4-6)7-2-1-3-8-9/h4H,1-3H2. The van der Waals surface area contributed by atoms with Gasteiger partial charge in [0.15, 0.2) is 0 Å². The molecule has 1 aliphatic rings. The van der Waals surface area contributed by atoms with Gasteiger partial charge < -0.3 is 9.05 Å². The molecule has 1 aliphatic heterocycles. The molecule has 0 bridgehead atoms. The Morgan fingerprint density at radius 3 is 2.33 bits per heavy atom. The molecule has 0 spiro atoms. The molecule has 0 amide bonds. The maximum atomic E-state index is 10.1. The summed E-state index contributed by atoms with van der Waals surface area (Å²) in [7, 11) is -2.55. The van der Waals surface area contributed by atoms with Gasteiger partial charge in [-0.15, -0.1) is 0 Å². The molecule has 0 aromatic rings. The number of hydrogen-bond acceptors (Lipinski definition) is 3. The van der Waals surface area contributed by atoms with Crippen molar-refractivity contribution < 1.29 is 13.8 Å². The molecule has 0 atom stereocenters. The van der Waals surface area contributed by atoms with E-state index in [0.29, 0.717) is 19.2 Å². The summed E-state index contributed by atoms with van der Waals surface area (Å²) < 4.78 is 9.80. The molecule has 0 aromatic heterocycles. The van der Waals surface area contributed by atoms with Crippen LogP contribution in [-0.4, -0.2) is 19.2 Å². The summed E-state index contributed by atoms with van der Waals surface area (Å²) in [4.78, 5) is 10.1. The minimum atomic E-state index is -2.55. The largest absolute Gasteiger partial charge is 0.324 e. The van der Waals surface area contributed by atoms with E-state index < -0.39 is 7.07 Å². The Bertz CT molecular complexity index is 112. The molecule has 1 radical (unpaired) electrons. The molecule has 1 heterocycles. The highest BCUT2D eigenvalue weighted by Crippen LogP contribution is 2.64. The minimum Gasteiger partial charge on any atom is -0.324 e. The van der Waals surface area contributed by atoms with E-state index in [-0.39, 0.29) is 0 Å². The number of halogens is 1. The fourth-order valence-electron chi connectivity index (χ4n) is 0.535. The molecule has 5 heteroatoms. The van der Waals surface area contributed by atoms with Gasteiger partial charge in [0.1, 0.15) is 0 Å². The summed E-state index contributed by atoms with van der Waals surface area (Å²) in [5.74, 6) is 0. The van der Waals surface area contributed by atoms with Crippen LogP contribution in [-0.2, 0) is 13.8 Å². The van der Waals surface area contributed by atoms with Crippen LogP contribution in [0, 0.1) is 0 Å². The van der Waals surface area contributed by atoms with Gasteiger partial charge in [-0.3, -0.25) is 4.79 Å². The van der Waals surface area contributed by atoms with E-state index in [0.717, 1.165) is 6.42 Å². The van der Waals surface area contributed by atoms with Gasteiger partial charge in [0.2, 0.25) is 6.03 Å². The lowest BCUT2D eigenvalue weighted by molar-refractivity contribution is 0.183. The number of rotatable bonds is 1. The Balaban J connectivity index is 2.46. The van der Waals surface area contributed by atoms with Crippen LogP contribution in [0.4, 0.5) is 0 Å². The Morgan fingerprint density at radius 1 is 1.44 bits per heavy atom. The average Bonchev–Trinajstić information content (AvgIpc) is 1.90. The zero-order chi connectivity index (χ0) is 6.74. The fraction of sp³-hybridized carbons (Fsp3) is 0.750. The van der Waals surface area contributed by atoms with Crippen LogP contribution in [0.25, 0.3) is 0 Å². The Kier molecular flexibility index (Phi) is 2.42. The third kappa shape index (κ3) is 1.87. The zero-order valence-corrected chi connectivity index (χ0v) is 6.40. The van der Waals surface area contributed by atoms with Crippen molar-refractivity contribution in [1.29, 1.82) is 0 Å². The summed E-state index contributed by atoms with van der Waals surface area (Å²) in [5.41, 5.74) is 0. The Labute approximate surface area is 58.6 Å². The van der Waals surface area contributed by atoms with Gasteiger partial charge in [-0.05, 0) is 17.7 Å². The molecule has 53 valence electrons. The summed E-state index contributed by atoms with van der Waals surface area (Å²) in [6.45, 7) is 1.08. The topological polar surface area (TPSA) is 35.5 Å². The van der Waals surface area contributed by atoms with E-state index in [1.807, 2.05) is 0 Å². The van der Waals surface area contributed by atoms with E-state index in [1.54, 1.807) is 0 Å². The van der Waals surface area contributed by atoms with Crippen molar-refractivity contribution in [1.82, 2.24) is 0 Å². The zero-order valence-electron chi connectivity index (χ0n) is 4.75. The van der Waals surface area contributed by atoms with Crippen LogP contribution in [0.1, 0.15) is 6.42 Å². The highest BCUT2D eigenvalue weighted by molar-refractivity contribution is 8.02. The minimum absolute atomic E-state index is 0.538. The van der Waals surface area contributed by atoms with Crippen molar-refractivity contribution in [2.45, 2.75) is 6.42 Å². The van der Waals surface area contributed by atoms with Gasteiger partial charge >= 0.3 is 0 Å². The number of carbonyl (C=O) groups excluding carboxylic acids is 1. The monoisotopic (exact) mass is 169 g/mol. The lowest BCUT2D eigenvalue weighted by atomic mass is 10.5. The maximum Gasteiger partial charge on any atom is 0.255 e. The highest BCUT2D eigenvalue weighted by atomic mass is 35.7. The second-order valence-electron chi connectivity index (χ2n) is 1.65. The van der Waals surface area contributed by atoms with Crippen LogP contribution in [0.5, 0.6) is 0 Å². The molecule has 0 aromatic carbocycles. The predicted octanol–water partition coefficient (Wildman–Crippen LogP) is 1.61. The van der Waals surface area contributed by atoms with Crippen molar-refractivity contribution in [3.8, 4) is 0 Å². The van der Waals surface area contributed by atoms with E-state index in [2.05, 4.69) is 0 Å². The van der Waals surface area contributed by atoms with Gasteiger partial charge in [-0.2, -0.15) is 0 Å². The van der Waals surface area contributed by atoms with Gasteiger partial charge in [-0.1, -0.05) is 0 Å². The molecule has 1 saturated heterocycles. The molecule has 9 heavy (non-hydrogen) atoms. The van der Waals surface area contributed by atoms with Crippen molar-refractivity contribution in [2.24, 2.45) is 0 Å². The van der Waals surface area contributed by atoms with E-state index in [9.17, 15) is 4.79 Å². The molecule has 0 saturated carbocycles. The van der Waals surface area contributed by atoms with E-state index in [4.69, 9.17) is 20.3 Å². The van der Waals surface area contributed by atoms with Crippen molar-refractivity contribution in [2.75, 3.05) is 13.2 Å². The molecule has 0 aliphatic carbocycles. The van der Waals surface area contributed by atoms with Crippen LogP contribution in [0.15, 0.2) is 0 Å². The van der Waals surface area contributed by atoms with Gasteiger partial charge in [0.05, 0.1) is 13.2 Å². The summed E-state index contributed by atoms with van der Waals surface area (Å²) in [5, 5.41) is 0. The molecule has 1 fully saturated rings. The first kappa shape index (κ1) is 7.42. The summed E-state index contributed by atoms with van der Waals surface area (Å²) in [6, 6.07) is 0.563. The molecule has 0 N–H and O–H groups in total. The first-order valence-electron chi connectivity index (χ1n) is 2.61. The maximum absolute atomic E-state index is 10.1. The molecular formula is C4H7ClO3P. The van der Waals surface area contributed by atoms with Crippen molar-refractivity contribution in [3.63, 3.8) is 0 Å². The molecular weight excluding hydrogens is 162 g/mol. The van der Waals surface area contributed by atoms with Crippen LogP contribution in [0.3, 0.4) is 0 Å². The van der Waals surface area contributed by atoms with Gasteiger partial charge in [0, 0.05) is 0 Å². The van der Waals surface area contributed by atoms with E-state index in [1.165, 1.54) is 0 Å². The second kappa shape index (κ2) is 2.93. The number of hydrogen-bond donors (Lipinski definition) is 0. The summed E-state index contributed by atoms with van der Waals surface area (Å²) >= 11 is 5.56. The Morgan fingerprint density at radius 2 is 2.00 bits per heavy atom. The van der Waals surface area contributed by atoms with Crippen molar-refractivity contribution >= 4 is 24.3 Å². The molecule has 0 unspecified atom stereocenters. The van der Waals surface area contributed by atoms with Crippen molar-refractivity contribution in [3.05, 3.63) is 0 Å². The average molecular weight is 170 g/mol. The lowest BCUT2D eigenvalue weighted by Gasteiger charge is -2.26. The first-order chi connectivity index (χ1) is 4.27. The van der Waals surface area contributed by atoms with E-state index >= 15 is 0 Å². The van der Waals surface area contributed by atoms with Gasteiger partial charge in [-0.25, -0.2) is 0 Å². The van der Waals surface area contributed by atoms with Crippen LogP contribution < -0.4 is 0 Å². The smallest absolute Gasteiger partial charge is 0.255 e. The summed E-state index contributed by atoms with van der Waals surface area (Å²) in [6.07, 6.45) is 0.822. The molecule has 3 nitrogen and oxygen atoms in total. The third-order valence-corrected chi connectivity index (χ3v) is 3.09. The predicted molar refractivity (Wildman–Crippen MR) is 36.0 cm³/mol. The third-order valence-electron chi connectivity index (χ3n) is 0.949. The normalized spacial score (nSPS) is 25.4. The lowest BCUT2D eigenvalue weighted by Crippen LogP contribution is -2.09. The SMILES string of the molecule is O=C[P]1(Cl)OCCCO1. The van der Waals surface area contributed by atoms with Crippen LogP contribution in [0.2, 0.25) is 0 Å². The quantitative estimate of drug-likeness (QED) is 0.442. The second-order valence-corrected chi connectivity index (χ2v) is 4.83. The number of carbonyl (C=O) groups is 1. The Hall–Kier alpha value is 0.310. The van der Waals surface area contributed by atoms with Crippen LogP contribution >= 0.6 is 18.3 Å². The van der Waals surface area contributed by atoms with Gasteiger partial charge in [0.25, 0.3) is 7.07 Å². The fourth-order valence-corrected chi connectivity index (χ4v) is 1.90.